The van der Waals surface area contributed by atoms with Gasteiger partial charge < -0.3 is 9.84 Å². The van der Waals surface area contributed by atoms with Gasteiger partial charge in [0.1, 0.15) is 18.4 Å². The zero-order valence-electron chi connectivity index (χ0n) is 17.7. The van der Waals surface area contributed by atoms with Crippen LogP contribution in [0.1, 0.15) is 19.4 Å². The Kier molecular flexibility index (Phi) is 7.56. The maximum Gasteiger partial charge on any atom is 0.322 e. The average molecular weight is 474 g/mol. The number of carboxylic acids is 1. The van der Waals surface area contributed by atoms with E-state index in [-0.39, 0.29) is 10.8 Å². The molecule has 3 aromatic carbocycles. The molecule has 1 atom stereocenters. The third-order valence-electron chi connectivity index (χ3n) is 4.92. The molecule has 0 aliphatic rings. The number of carbonyl (C=O) groups is 1. The van der Waals surface area contributed by atoms with E-state index in [4.69, 9.17) is 16.3 Å². The van der Waals surface area contributed by atoms with E-state index >= 15 is 0 Å². The van der Waals surface area contributed by atoms with Crippen LogP contribution < -0.4 is 9.46 Å². The van der Waals surface area contributed by atoms with Crippen LogP contribution in [0.4, 0.5) is 0 Å². The summed E-state index contributed by atoms with van der Waals surface area (Å²) in [6, 6.07) is 20.0. The van der Waals surface area contributed by atoms with Crippen molar-refractivity contribution in [2.75, 3.05) is 0 Å². The highest BCUT2D eigenvalue weighted by molar-refractivity contribution is 7.89. The van der Waals surface area contributed by atoms with E-state index in [9.17, 15) is 18.3 Å². The molecule has 6 nitrogen and oxygen atoms in total. The summed E-state index contributed by atoms with van der Waals surface area (Å²) < 4.78 is 33.1. The number of benzene rings is 3. The molecule has 0 aliphatic carbocycles. The first-order valence-corrected chi connectivity index (χ1v) is 11.9. The van der Waals surface area contributed by atoms with Crippen molar-refractivity contribution in [1.82, 2.24) is 4.72 Å². The monoisotopic (exact) mass is 473 g/mol. The van der Waals surface area contributed by atoms with Gasteiger partial charge in [-0.15, -0.1) is 0 Å². The minimum Gasteiger partial charge on any atom is -0.489 e. The Balaban J connectivity index is 1.69. The standard InChI is InChI=1S/C24H24ClNO5S/c1-16(2)23(24(27)28)26-32(29,30)21-13-9-18(10-14-21)17-7-11-20(12-8-17)31-15-19-5-3-4-6-22(19)25/h3-14,16,23,26H,15H2,1-2H3,(H,27,28)/t23-/m1/s1. The maximum absolute atomic E-state index is 12.6. The van der Waals surface area contributed by atoms with Crippen LogP contribution in [0.2, 0.25) is 5.02 Å². The fraction of sp³-hybridized carbons (Fsp3) is 0.208. The van der Waals surface area contributed by atoms with Crippen LogP contribution in [0, 0.1) is 5.92 Å². The largest absolute Gasteiger partial charge is 0.489 e. The number of aliphatic carboxylic acids is 1. The second-order valence-electron chi connectivity index (χ2n) is 7.61. The Bertz CT molecular complexity index is 1180. The Morgan fingerprint density at radius 2 is 1.53 bits per heavy atom. The normalized spacial score (nSPS) is 12.5. The molecule has 168 valence electrons. The topological polar surface area (TPSA) is 92.7 Å². The van der Waals surface area contributed by atoms with Gasteiger partial charge in [-0.3, -0.25) is 4.79 Å². The molecule has 0 aliphatic heterocycles. The third kappa shape index (κ3) is 5.88. The van der Waals surface area contributed by atoms with Crippen molar-refractivity contribution in [1.29, 1.82) is 0 Å². The minimum absolute atomic E-state index is 0.00726. The van der Waals surface area contributed by atoms with Gasteiger partial charge in [0, 0.05) is 10.6 Å². The lowest BCUT2D eigenvalue weighted by atomic mass is 10.1. The number of ether oxygens (including phenoxy) is 1. The highest BCUT2D eigenvalue weighted by atomic mass is 35.5. The Hall–Kier alpha value is -2.87. The molecule has 3 aromatic rings. The number of nitrogens with one attached hydrogen (secondary N) is 1. The van der Waals surface area contributed by atoms with Gasteiger partial charge in [0.15, 0.2) is 0 Å². The number of hydrogen-bond donors (Lipinski definition) is 2. The predicted molar refractivity (Wildman–Crippen MR) is 124 cm³/mol. The van der Waals surface area contributed by atoms with Gasteiger partial charge in [0.2, 0.25) is 10.0 Å². The summed E-state index contributed by atoms with van der Waals surface area (Å²) in [5.74, 6) is -0.914. The first-order valence-electron chi connectivity index (χ1n) is 9.99. The molecule has 0 heterocycles. The van der Waals surface area contributed by atoms with E-state index in [0.29, 0.717) is 17.4 Å². The van der Waals surface area contributed by atoms with Gasteiger partial charge in [-0.2, -0.15) is 4.72 Å². The first-order chi connectivity index (χ1) is 15.2. The van der Waals surface area contributed by atoms with Crippen molar-refractivity contribution < 1.29 is 23.1 Å². The summed E-state index contributed by atoms with van der Waals surface area (Å²) in [6.45, 7) is 3.64. The summed E-state index contributed by atoms with van der Waals surface area (Å²) in [6.07, 6.45) is 0. The Morgan fingerprint density at radius 1 is 0.969 bits per heavy atom. The lowest BCUT2D eigenvalue weighted by Crippen LogP contribution is -2.44. The number of sulfonamides is 1. The SMILES string of the molecule is CC(C)[C@@H](NS(=O)(=O)c1ccc(-c2ccc(OCc3ccccc3Cl)cc2)cc1)C(=O)O. The highest BCUT2D eigenvalue weighted by Gasteiger charge is 2.27. The van der Waals surface area contributed by atoms with Gasteiger partial charge in [0.05, 0.1) is 4.90 Å². The zero-order valence-corrected chi connectivity index (χ0v) is 19.2. The molecule has 0 fully saturated rings. The summed E-state index contributed by atoms with van der Waals surface area (Å²) in [5.41, 5.74) is 2.60. The smallest absolute Gasteiger partial charge is 0.322 e. The van der Waals surface area contributed by atoms with E-state index in [1.54, 1.807) is 26.0 Å². The minimum atomic E-state index is -3.95. The third-order valence-corrected chi connectivity index (χ3v) is 6.75. The lowest BCUT2D eigenvalue weighted by molar-refractivity contribution is -0.140. The van der Waals surface area contributed by atoms with Gasteiger partial charge >= 0.3 is 5.97 Å². The van der Waals surface area contributed by atoms with E-state index in [1.807, 2.05) is 48.5 Å². The number of halogens is 1. The van der Waals surface area contributed by atoms with E-state index in [1.165, 1.54) is 12.1 Å². The summed E-state index contributed by atoms with van der Waals surface area (Å²) >= 11 is 6.14. The van der Waals surface area contributed by atoms with E-state index < -0.39 is 22.0 Å². The molecule has 0 aromatic heterocycles. The Labute approximate surface area is 192 Å². The zero-order chi connectivity index (χ0) is 23.3. The van der Waals surface area contributed by atoms with Crippen molar-refractivity contribution in [3.63, 3.8) is 0 Å². The van der Waals surface area contributed by atoms with Crippen LogP contribution in [0.3, 0.4) is 0 Å². The van der Waals surface area contributed by atoms with Crippen LogP contribution in [0.25, 0.3) is 11.1 Å². The number of carboxylic acid groups (broad SMARTS) is 1. The van der Waals surface area contributed by atoms with Crippen LogP contribution in [0.15, 0.2) is 77.7 Å². The van der Waals surface area contributed by atoms with Crippen LogP contribution in [-0.4, -0.2) is 25.5 Å². The predicted octanol–water partition coefficient (Wildman–Crippen LogP) is 4.97. The van der Waals surface area contributed by atoms with E-state index in [0.717, 1.165) is 16.7 Å². The summed E-state index contributed by atoms with van der Waals surface area (Å²) in [7, 11) is -3.95. The molecule has 32 heavy (non-hydrogen) atoms. The van der Waals surface area contributed by atoms with Gasteiger partial charge in [0.25, 0.3) is 0 Å². The average Bonchev–Trinajstić information content (AvgIpc) is 2.77. The van der Waals surface area contributed by atoms with Gasteiger partial charge in [-0.1, -0.05) is 67.9 Å². The van der Waals surface area contributed by atoms with Crippen LogP contribution in [-0.2, 0) is 21.4 Å². The summed E-state index contributed by atoms with van der Waals surface area (Å²) in [5, 5.41) is 9.89. The molecule has 3 rings (SSSR count). The van der Waals surface area contributed by atoms with Gasteiger partial charge in [-0.25, -0.2) is 8.42 Å². The Morgan fingerprint density at radius 3 is 2.06 bits per heavy atom. The van der Waals surface area contributed by atoms with Crippen molar-refractivity contribution in [2.45, 2.75) is 31.4 Å². The highest BCUT2D eigenvalue weighted by Crippen LogP contribution is 2.25. The van der Waals surface area contributed by atoms with Crippen molar-refractivity contribution in [2.24, 2.45) is 5.92 Å². The molecule has 0 unspecified atom stereocenters. The molecule has 0 bridgehead atoms. The van der Waals surface area contributed by atoms with Crippen LogP contribution in [0.5, 0.6) is 5.75 Å². The van der Waals surface area contributed by atoms with Crippen LogP contribution >= 0.6 is 11.6 Å². The van der Waals surface area contributed by atoms with Crippen molar-refractivity contribution in [3.8, 4) is 16.9 Å². The molecule has 0 radical (unpaired) electrons. The molecule has 0 amide bonds. The molecule has 2 N–H and O–H groups in total. The molecule has 8 heteroatoms. The summed E-state index contributed by atoms with van der Waals surface area (Å²) in [4.78, 5) is 11.3. The second kappa shape index (κ2) is 10.2. The number of hydrogen-bond acceptors (Lipinski definition) is 4. The first kappa shape index (κ1) is 23.8. The fourth-order valence-corrected chi connectivity index (χ4v) is 4.58. The van der Waals surface area contributed by atoms with Gasteiger partial charge in [-0.05, 0) is 47.4 Å². The maximum atomic E-state index is 12.6. The quantitative estimate of drug-likeness (QED) is 0.457. The van der Waals surface area contributed by atoms with Crippen molar-refractivity contribution >= 4 is 27.6 Å². The fourth-order valence-electron chi connectivity index (χ4n) is 3.05. The lowest BCUT2D eigenvalue weighted by Gasteiger charge is -2.18. The molecule has 0 saturated carbocycles. The molecule has 0 saturated heterocycles. The molecule has 0 spiro atoms. The van der Waals surface area contributed by atoms with Crippen molar-refractivity contribution in [3.05, 3.63) is 83.4 Å². The van der Waals surface area contributed by atoms with E-state index in [2.05, 4.69) is 4.72 Å². The molecular formula is C24H24ClNO5S. The second-order valence-corrected chi connectivity index (χ2v) is 9.73. The molecular weight excluding hydrogens is 450 g/mol. The number of rotatable bonds is 9.